The number of anilines is 2. The van der Waals surface area contributed by atoms with Crippen LogP contribution in [0.3, 0.4) is 0 Å². The Kier molecular flexibility index (Phi) is 5.74. The van der Waals surface area contributed by atoms with Crippen LogP contribution < -0.4 is 9.62 Å². The van der Waals surface area contributed by atoms with Crippen LogP contribution in [-0.2, 0) is 26.0 Å². The molecule has 11 heteroatoms. The minimum Gasteiger partial charge on any atom is -0.452 e. The van der Waals surface area contributed by atoms with Crippen molar-refractivity contribution in [2.24, 2.45) is 0 Å². The van der Waals surface area contributed by atoms with Crippen LogP contribution in [0.15, 0.2) is 36.4 Å². The molecule has 0 unspecified atom stereocenters. The largest absolute Gasteiger partial charge is 0.452 e. The van der Waals surface area contributed by atoms with Gasteiger partial charge in [-0.15, -0.1) is 0 Å². The van der Waals surface area contributed by atoms with Crippen LogP contribution in [0.4, 0.5) is 17.1 Å². The number of nitro groups is 1. The highest BCUT2D eigenvalue weighted by Gasteiger charge is 2.27. The lowest BCUT2D eigenvalue weighted by Gasteiger charge is -2.16. The van der Waals surface area contributed by atoms with E-state index in [0.29, 0.717) is 24.2 Å². The number of carbonyl (C=O) groups excluding carboxylic acids is 2. The van der Waals surface area contributed by atoms with Gasteiger partial charge >= 0.3 is 5.97 Å². The van der Waals surface area contributed by atoms with Crippen molar-refractivity contribution in [3.05, 3.63) is 63.2 Å². The number of fused-ring (bicyclic) bond motifs is 1. The Bertz CT molecular complexity index is 1140. The zero-order valence-corrected chi connectivity index (χ0v) is 17.1. The predicted molar refractivity (Wildman–Crippen MR) is 109 cm³/mol. The molecule has 158 valence electrons. The van der Waals surface area contributed by atoms with E-state index in [2.05, 4.69) is 5.32 Å². The molecular formula is C19H19N3O7S. The quantitative estimate of drug-likeness (QED) is 0.418. The summed E-state index contributed by atoms with van der Waals surface area (Å²) in [5, 5.41) is 13.5. The number of esters is 1. The van der Waals surface area contributed by atoms with Crippen molar-refractivity contribution < 1.29 is 27.7 Å². The number of nitrogens with zero attached hydrogens (tertiary/aromatic N) is 2. The highest BCUT2D eigenvalue weighted by Crippen LogP contribution is 2.31. The fourth-order valence-corrected chi connectivity index (χ4v) is 4.16. The molecule has 0 spiro atoms. The minimum absolute atomic E-state index is 0.133. The van der Waals surface area contributed by atoms with E-state index in [0.717, 1.165) is 6.26 Å². The standard InChI is InChI=1S/C19H19N3O7S/c1-12-15(4-3-5-16(12)22(25)26)20-18(23)11-29-19(24)14-6-7-17-13(10-14)8-9-21(17)30(2,27)28/h3-7,10H,8-9,11H2,1-2H3,(H,20,23). The number of nitrogens with one attached hydrogen (secondary N) is 1. The summed E-state index contributed by atoms with van der Waals surface area (Å²) in [6, 6.07) is 8.79. The van der Waals surface area contributed by atoms with Gasteiger partial charge in [0, 0.05) is 12.6 Å². The van der Waals surface area contributed by atoms with E-state index in [1.54, 1.807) is 6.07 Å². The third-order valence-electron chi connectivity index (χ3n) is 4.68. The number of ether oxygens (including phenoxy) is 1. The van der Waals surface area contributed by atoms with Gasteiger partial charge in [0.05, 0.1) is 33.7 Å². The second-order valence-corrected chi connectivity index (χ2v) is 8.67. The van der Waals surface area contributed by atoms with Crippen molar-refractivity contribution in [2.75, 3.05) is 29.0 Å². The molecule has 0 aliphatic carbocycles. The van der Waals surface area contributed by atoms with Crippen molar-refractivity contribution in [1.82, 2.24) is 0 Å². The second kappa shape index (κ2) is 8.11. The van der Waals surface area contributed by atoms with Gasteiger partial charge < -0.3 is 10.1 Å². The summed E-state index contributed by atoms with van der Waals surface area (Å²) in [5.41, 5.74) is 1.83. The fourth-order valence-electron chi connectivity index (χ4n) is 3.20. The fraction of sp³-hybridized carbons (Fsp3) is 0.263. The summed E-state index contributed by atoms with van der Waals surface area (Å²) < 4.78 is 29.8. The molecule has 10 nitrogen and oxygen atoms in total. The average Bonchev–Trinajstić information content (AvgIpc) is 3.11. The summed E-state index contributed by atoms with van der Waals surface area (Å²) >= 11 is 0. The number of benzene rings is 2. The van der Waals surface area contributed by atoms with Crippen LogP contribution in [0.25, 0.3) is 0 Å². The molecule has 0 aromatic heterocycles. The van der Waals surface area contributed by atoms with E-state index in [4.69, 9.17) is 4.74 Å². The van der Waals surface area contributed by atoms with Crippen LogP contribution in [0, 0.1) is 17.0 Å². The molecule has 1 aliphatic rings. The number of nitro benzene ring substituents is 1. The molecule has 2 aromatic rings. The molecule has 1 aliphatic heterocycles. The Morgan fingerprint density at radius 2 is 2.00 bits per heavy atom. The number of amides is 1. The summed E-state index contributed by atoms with van der Waals surface area (Å²) in [6.45, 7) is 1.23. The maximum Gasteiger partial charge on any atom is 0.338 e. The first-order valence-corrected chi connectivity index (χ1v) is 10.7. The Labute approximate surface area is 172 Å². The Balaban J connectivity index is 1.63. The SMILES string of the molecule is Cc1c(NC(=O)COC(=O)c2ccc3c(c2)CCN3S(C)(=O)=O)cccc1[N+](=O)[O-]. The third-order valence-corrected chi connectivity index (χ3v) is 5.86. The molecule has 0 bridgehead atoms. The zero-order chi connectivity index (χ0) is 22.1. The number of rotatable bonds is 6. The van der Waals surface area contributed by atoms with Gasteiger partial charge in [0.25, 0.3) is 11.6 Å². The maximum absolute atomic E-state index is 12.3. The van der Waals surface area contributed by atoms with Crippen molar-refractivity contribution in [3.63, 3.8) is 0 Å². The topological polar surface area (TPSA) is 136 Å². The first kappa shape index (κ1) is 21.2. The van der Waals surface area contributed by atoms with Crippen LogP contribution >= 0.6 is 0 Å². The molecule has 1 amide bonds. The molecule has 0 radical (unpaired) electrons. The lowest BCUT2D eigenvalue weighted by atomic mass is 10.1. The van der Waals surface area contributed by atoms with Gasteiger partial charge in [-0.05, 0) is 43.2 Å². The van der Waals surface area contributed by atoms with Gasteiger partial charge in [-0.25, -0.2) is 13.2 Å². The number of hydrogen-bond acceptors (Lipinski definition) is 7. The lowest BCUT2D eigenvalue weighted by molar-refractivity contribution is -0.385. The van der Waals surface area contributed by atoms with Crippen LogP contribution in [-0.4, -0.2) is 44.6 Å². The first-order valence-electron chi connectivity index (χ1n) is 8.89. The summed E-state index contributed by atoms with van der Waals surface area (Å²) in [6.07, 6.45) is 1.59. The molecule has 0 atom stereocenters. The minimum atomic E-state index is -3.39. The monoisotopic (exact) mass is 433 g/mol. The summed E-state index contributed by atoms with van der Waals surface area (Å²) in [5.74, 6) is -1.38. The zero-order valence-electron chi connectivity index (χ0n) is 16.2. The van der Waals surface area contributed by atoms with Crippen LogP contribution in [0.2, 0.25) is 0 Å². The molecular weight excluding hydrogens is 414 g/mol. The molecule has 0 fully saturated rings. The molecule has 1 N–H and O–H groups in total. The van der Waals surface area contributed by atoms with E-state index < -0.39 is 33.4 Å². The highest BCUT2D eigenvalue weighted by molar-refractivity contribution is 7.92. The van der Waals surface area contributed by atoms with Gasteiger partial charge in [0.2, 0.25) is 10.0 Å². The maximum atomic E-state index is 12.3. The normalized spacial score (nSPS) is 12.9. The van der Waals surface area contributed by atoms with Crippen LogP contribution in [0.1, 0.15) is 21.5 Å². The van der Waals surface area contributed by atoms with Gasteiger partial charge in [-0.1, -0.05) is 6.07 Å². The molecule has 3 rings (SSSR count). The molecule has 0 saturated carbocycles. The van der Waals surface area contributed by atoms with Gasteiger partial charge in [-0.3, -0.25) is 19.2 Å². The Morgan fingerprint density at radius 1 is 1.27 bits per heavy atom. The smallest absolute Gasteiger partial charge is 0.338 e. The van der Waals surface area contributed by atoms with E-state index in [-0.39, 0.29) is 22.5 Å². The van der Waals surface area contributed by atoms with E-state index >= 15 is 0 Å². The van der Waals surface area contributed by atoms with E-state index in [1.165, 1.54) is 41.6 Å². The number of hydrogen-bond donors (Lipinski definition) is 1. The van der Waals surface area contributed by atoms with Crippen LogP contribution in [0.5, 0.6) is 0 Å². The van der Waals surface area contributed by atoms with Crippen molar-refractivity contribution in [2.45, 2.75) is 13.3 Å². The van der Waals surface area contributed by atoms with Gasteiger partial charge in [-0.2, -0.15) is 0 Å². The molecule has 30 heavy (non-hydrogen) atoms. The second-order valence-electron chi connectivity index (χ2n) is 6.76. The van der Waals surface area contributed by atoms with Gasteiger partial charge in [0.15, 0.2) is 6.61 Å². The Hall–Kier alpha value is -3.47. The highest BCUT2D eigenvalue weighted by atomic mass is 32.2. The Morgan fingerprint density at radius 3 is 2.67 bits per heavy atom. The summed E-state index contributed by atoms with van der Waals surface area (Å²) in [4.78, 5) is 34.8. The van der Waals surface area contributed by atoms with Crippen molar-refractivity contribution in [1.29, 1.82) is 0 Å². The number of sulfonamides is 1. The molecule has 0 saturated heterocycles. The van der Waals surface area contributed by atoms with E-state index in [1.807, 2.05) is 0 Å². The lowest BCUT2D eigenvalue weighted by Crippen LogP contribution is -2.27. The predicted octanol–water partition coefficient (Wildman–Crippen LogP) is 2.02. The van der Waals surface area contributed by atoms with Gasteiger partial charge in [0.1, 0.15) is 0 Å². The van der Waals surface area contributed by atoms with Crippen molar-refractivity contribution in [3.8, 4) is 0 Å². The van der Waals surface area contributed by atoms with E-state index in [9.17, 15) is 28.1 Å². The molecule has 1 heterocycles. The molecule has 2 aromatic carbocycles. The first-order chi connectivity index (χ1) is 14.1. The third kappa shape index (κ3) is 4.40. The average molecular weight is 433 g/mol. The van der Waals surface area contributed by atoms with Crippen molar-refractivity contribution >= 4 is 39.0 Å². The number of carbonyl (C=O) groups is 2. The summed E-state index contributed by atoms with van der Waals surface area (Å²) in [7, 11) is -3.39.